The Morgan fingerprint density at radius 1 is 0.956 bits per heavy atom. The number of anilines is 4. The molecular formula is C29H33ClF3N7O5. The lowest BCUT2D eigenvalue weighted by Crippen LogP contribution is -2.43. The summed E-state index contributed by atoms with van der Waals surface area (Å²) in [6.45, 7) is 3.46. The van der Waals surface area contributed by atoms with Crippen LogP contribution < -0.4 is 26.0 Å². The highest BCUT2D eigenvalue weighted by molar-refractivity contribution is 6.30. The Hall–Kier alpha value is -4.53. The van der Waals surface area contributed by atoms with Gasteiger partial charge in [-0.2, -0.15) is 28.1 Å². The summed E-state index contributed by atoms with van der Waals surface area (Å²) in [5.41, 5.74) is 0.686. The van der Waals surface area contributed by atoms with E-state index in [-0.39, 0.29) is 18.4 Å². The van der Waals surface area contributed by atoms with E-state index in [1.165, 1.54) is 7.11 Å². The predicted octanol–water partition coefficient (Wildman–Crippen LogP) is 5.79. The van der Waals surface area contributed by atoms with Gasteiger partial charge in [0, 0.05) is 16.4 Å². The number of esters is 1. The number of carbonyl (C=O) groups excluding carboxylic acids is 2. The summed E-state index contributed by atoms with van der Waals surface area (Å²) in [7, 11) is 1.22. The normalized spacial score (nSPS) is 14.5. The zero-order chi connectivity index (χ0) is 32.8. The third-order valence-corrected chi connectivity index (χ3v) is 6.55. The number of alkyl halides is 3. The van der Waals surface area contributed by atoms with Gasteiger partial charge < -0.3 is 35.5 Å². The molecule has 1 atom stereocenters. The molecule has 0 radical (unpaired) electrons. The zero-order valence-electron chi connectivity index (χ0n) is 24.9. The van der Waals surface area contributed by atoms with Crippen LogP contribution in [0.2, 0.25) is 5.02 Å². The van der Waals surface area contributed by atoms with Crippen LogP contribution in [-0.4, -0.2) is 65.1 Å². The molecular weight excluding hydrogens is 619 g/mol. The Morgan fingerprint density at radius 2 is 1.58 bits per heavy atom. The fourth-order valence-electron chi connectivity index (χ4n) is 4.09. The summed E-state index contributed by atoms with van der Waals surface area (Å²) in [5, 5.41) is 12.2. The highest BCUT2D eigenvalue weighted by Crippen LogP contribution is 2.48. The standard InChI is InChI=1S/C29H33ClF3N7O5/c1-27(2,3)45-26(42)34-15-21(22(41)43-4)35-19-9-11-20(12-10-19)36-23-37-24(39-25(38-23)44-16-29(31,32)33)40-28(13-14-28)17-5-7-18(30)8-6-17/h5-12,21,35H,13-16H2,1-4H3,(H,34,42)(H2,36,37,38,39,40). The van der Waals surface area contributed by atoms with E-state index in [1.807, 2.05) is 12.1 Å². The van der Waals surface area contributed by atoms with Crippen LogP contribution in [0, 0.1) is 0 Å². The van der Waals surface area contributed by atoms with E-state index in [1.54, 1.807) is 57.2 Å². The first-order valence-electron chi connectivity index (χ1n) is 13.8. The maximum absolute atomic E-state index is 12.9. The lowest BCUT2D eigenvalue weighted by atomic mass is 10.1. The molecule has 1 amide bonds. The quantitative estimate of drug-likeness (QED) is 0.176. The van der Waals surface area contributed by atoms with Gasteiger partial charge in [-0.3, -0.25) is 0 Å². The van der Waals surface area contributed by atoms with Crippen LogP contribution >= 0.6 is 11.6 Å². The molecule has 4 N–H and O–H groups in total. The first kappa shape index (κ1) is 33.4. The summed E-state index contributed by atoms with van der Waals surface area (Å²) >= 11 is 6.02. The van der Waals surface area contributed by atoms with Crippen molar-refractivity contribution in [2.24, 2.45) is 0 Å². The number of hydrogen-bond donors (Lipinski definition) is 4. The van der Waals surface area contributed by atoms with Crippen molar-refractivity contribution in [3.63, 3.8) is 0 Å². The predicted molar refractivity (Wildman–Crippen MR) is 161 cm³/mol. The molecule has 3 aromatic rings. The second kappa shape index (κ2) is 13.6. The smallest absolute Gasteiger partial charge is 0.422 e. The minimum absolute atomic E-state index is 0.0221. The molecule has 0 spiro atoms. The van der Waals surface area contributed by atoms with E-state index in [0.717, 1.165) is 18.4 Å². The van der Waals surface area contributed by atoms with Crippen molar-refractivity contribution in [1.82, 2.24) is 20.3 Å². The number of halogens is 4. The largest absolute Gasteiger partial charge is 0.467 e. The van der Waals surface area contributed by atoms with Gasteiger partial charge in [0.1, 0.15) is 11.6 Å². The highest BCUT2D eigenvalue weighted by atomic mass is 35.5. The molecule has 1 aliphatic rings. The van der Waals surface area contributed by atoms with E-state index in [0.29, 0.717) is 16.4 Å². The van der Waals surface area contributed by atoms with Gasteiger partial charge in [0.05, 0.1) is 19.2 Å². The molecule has 242 valence electrons. The number of nitrogens with zero attached hydrogens (tertiary/aromatic N) is 3. The lowest BCUT2D eigenvalue weighted by molar-refractivity contribution is -0.154. The molecule has 1 aromatic heterocycles. The monoisotopic (exact) mass is 651 g/mol. The van der Waals surface area contributed by atoms with E-state index in [4.69, 9.17) is 25.8 Å². The molecule has 2 aromatic carbocycles. The molecule has 1 heterocycles. The summed E-state index contributed by atoms with van der Waals surface area (Å²) < 4.78 is 53.5. The SMILES string of the molecule is COC(=O)C(CNC(=O)OC(C)(C)C)Nc1ccc(Nc2nc(NC3(c4ccc(Cl)cc4)CC3)nc(OCC(F)(F)F)n2)cc1. The van der Waals surface area contributed by atoms with E-state index in [9.17, 15) is 22.8 Å². The summed E-state index contributed by atoms with van der Waals surface area (Å²) in [6, 6.07) is 12.3. The van der Waals surface area contributed by atoms with Crippen LogP contribution in [0.4, 0.5) is 41.2 Å². The number of methoxy groups -OCH3 is 1. The van der Waals surface area contributed by atoms with Crippen molar-refractivity contribution >= 4 is 46.9 Å². The molecule has 1 unspecified atom stereocenters. The topological polar surface area (TPSA) is 149 Å². The van der Waals surface area contributed by atoms with Crippen LogP contribution in [0.15, 0.2) is 48.5 Å². The van der Waals surface area contributed by atoms with Crippen molar-refractivity contribution in [2.45, 2.75) is 57.0 Å². The van der Waals surface area contributed by atoms with Crippen LogP contribution in [0.3, 0.4) is 0 Å². The Kier molecular flexibility index (Phi) is 10.1. The Balaban J connectivity index is 1.47. The Morgan fingerprint density at radius 3 is 2.16 bits per heavy atom. The number of hydrogen-bond acceptors (Lipinski definition) is 11. The van der Waals surface area contributed by atoms with Gasteiger partial charge >= 0.3 is 24.2 Å². The minimum atomic E-state index is -4.60. The Bertz CT molecular complexity index is 1480. The molecule has 0 saturated heterocycles. The van der Waals surface area contributed by atoms with Crippen LogP contribution in [0.5, 0.6) is 6.01 Å². The maximum Gasteiger partial charge on any atom is 0.422 e. The minimum Gasteiger partial charge on any atom is -0.467 e. The molecule has 45 heavy (non-hydrogen) atoms. The third-order valence-electron chi connectivity index (χ3n) is 6.29. The summed E-state index contributed by atoms with van der Waals surface area (Å²) in [5.74, 6) is -0.656. The average Bonchev–Trinajstić information content (AvgIpc) is 3.74. The van der Waals surface area contributed by atoms with Gasteiger partial charge in [-0.15, -0.1) is 0 Å². The fraction of sp³-hybridized carbons (Fsp3) is 0.414. The molecule has 1 aliphatic carbocycles. The summed E-state index contributed by atoms with van der Waals surface area (Å²) in [4.78, 5) is 36.7. The van der Waals surface area contributed by atoms with Crippen molar-refractivity contribution < 1.29 is 37.0 Å². The first-order valence-corrected chi connectivity index (χ1v) is 14.2. The molecule has 1 fully saturated rings. The molecule has 12 nitrogen and oxygen atoms in total. The highest BCUT2D eigenvalue weighted by Gasteiger charge is 2.45. The maximum atomic E-state index is 12.9. The average molecular weight is 652 g/mol. The fourth-order valence-corrected chi connectivity index (χ4v) is 4.21. The number of ether oxygens (including phenoxy) is 3. The van der Waals surface area contributed by atoms with Gasteiger partial charge in [0.25, 0.3) is 0 Å². The number of nitrogens with one attached hydrogen (secondary N) is 4. The van der Waals surface area contributed by atoms with Crippen molar-refractivity contribution in [1.29, 1.82) is 0 Å². The van der Waals surface area contributed by atoms with Crippen molar-refractivity contribution in [3.8, 4) is 6.01 Å². The number of amides is 1. The van der Waals surface area contributed by atoms with Gasteiger partial charge in [0.15, 0.2) is 6.61 Å². The zero-order valence-corrected chi connectivity index (χ0v) is 25.7. The third kappa shape index (κ3) is 10.3. The second-order valence-electron chi connectivity index (χ2n) is 11.2. The van der Waals surface area contributed by atoms with Gasteiger partial charge in [-0.1, -0.05) is 23.7 Å². The molecule has 4 rings (SSSR count). The number of aromatic nitrogens is 3. The number of carbonyl (C=O) groups is 2. The number of benzene rings is 2. The molecule has 1 saturated carbocycles. The van der Waals surface area contributed by atoms with E-state index in [2.05, 4.69) is 36.2 Å². The van der Waals surface area contributed by atoms with Crippen LogP contribution in [-0.2, 0) is 19.8 Å². The van der Waals surface area contributed by atoms with E-state index < -0.39 is 48.0 Å². The van der Waals surface area contributed by atoms with Crippen molar-refractivity contribution in [3.05, 3.63) is 59.1 Å². The van der Waals surface area contributed by atoms with Crippen LogP contribution in [0.25, 0.3) is 0 Å². The first-order chi connectivity index (χ1) is 21.1. The number of alkyl carbamates (subject to hydrolysis) is 1. The van der Waals surface area contributed by atoms with Crippen LogP contribution in [0.1, 0.15) is 39.2 Å². The number of rotatable bonds is 12. The second-order valence-corrected chi connectivity index (χ2v) is 11.6. The Labute approximate surface area is 262 Å². The van der Waals surface area contributed by atoms with Gasteiger partial charge in [-0.25, -0.2) is 9.59 Å². The summed E-state index contributed by atoms with van der Waals surface area (Å²) in [6.07, 6.45) is -3.79. The van der Waals surface area contributed by atoms with Gasteiger partial charge in [-0.05, 0) is 75.6 Å². The lowest BCUT2D eigenvalue weighted by Gasteiger charge is -2.22. The molecule has 0 aliphatic heterocycles. The molecule has 0 bridgehead atoms. The van der Waals surface area contributed by atoms with E-state index >= 15 is 0 Å². The van der Waals surface area contributed by atoms with Crippen molar-refractivity contribution in [2.75, 3.05) is 36.2 Å². The van der Waals surface area contributed by atoms with Gasteiger partial charge in [0.2, 0.25) is 11.9 Å². The molecule has 16 heteroatoms.